The molecule has 1 aromatic rings. The van der Waals surface area contributed by atoms with Gasteiger partial charge in [0.1, 0.15) is 5.69 Å². The molecule has 1 aliphatic carbocycles. The van der Waals surface area contributed by atoms with Crippen molar-refractivity contribution >= 4 is 11.9 Å². The number of carboxylic acids is 1. The number of amides is 1. The van der Waals surface area contributed by atoms with Crippen LogP contribution < -0.4 is 5.32 Å². The minimum atomic E-state index is -1.12. The number of aromatic carboxylic acids is 1. The largest absolute Gasteiger partial charge is 0.477 e. The van der Waals surface area contributed by atoms with Crippen LogP contribution in [0, 0.1) is 11.8 Å². The molecule has 2 N–H and O–H groups in total. The maximum absolute atomic E-state index is 12.3. The summed E-state index contributed by atoms with van der Waals surface area (Å²) in [6, 6.07) is 3.05. The molecule has 0 spiro atoms. The summed E-state index contributed by atoms with van der Waals surface area (Å²) in [6.07, 6.45) is 5.84. The molecule has 0 aliphatic heterocycles. The van der Waals surface area contributed by atoms with E-state index in [1.54, 1.807) is 6.07 Å². The molecule has 21 heavy (non-hydrogen) atoms. The van der Waals surface area contributed by atoms with Gasteiger partial charge >= 0.3 is 5.97 Å². The van der Waals surface area contributed by atoms with E-state index >= 15 is 0 Å². The second kappa shape index (κ2) is 6.70. The number of carbonyl (C=O) groups is 2. The Bertz CT molecular complexity index is 528. The van der Waals surface area contributed by atoms with E-state index in [4.69, 9.17) is 5.11 Å². The first-order valence-electron chi connectivity index (χ1n) is 7.49. The summed E-state index contributed by atoms with van der Waals surface area (Å²) in [5.41, 5.74) is 0.252. The highest BCUT2D eigenvalue weighted by molar-refractivity contribution is 5.96. The number of rotatable bonds is 4. The van der Waals surface area contributed by atoms with Crippen molar-refractivity contribution in [1.29, 1.82) is 0 Å². The van der Waals surface area contributed by atoms with Gasteiger partial charge in [0.05, 0.1) is 0 Å². The highest BCUT2D eigenvalue weighted by atomic mass is 16.4. The Morgan fingerprint density at radius 1 is 1.33 bits per heavy atom. The molecule has 2 unspecified atom stereocenters. The van der Waals surface area contributed by atoms with Gasteiger partial charge in [-0.1, -0.05) is 26.7 Å². The summed E-state index contributed by atoms with van der Waals surface area (Å²) in [5, 5.41) is 12.0. The van der Waals surface area contributed by atoms with Crippen molar-refractivity contribution in [3.8, 4) is 0 Å². The molecule has 1 amide bonds. The Kier molecular flexibility index (Phi) is 4.94. The number of pyridine rings is 1. The van der Waals surface area contributed by atoms with E-state index in [9.17, 15) is 9.59 Å². The zero-order chi connectivity index (χ0) is 15.4. The molecule has 5 nitrogen and oxygen atoms in total. The van der Waals surface area contributed by atoms with Crippen molar-refractivity contribution < 1.29 is 14.7 Å². The van der Waals surface area contributed by atoms with Gasteiger partial charge in [-0.2, -0.15) is 0 Å². The topological polar surface area (TPSA) is 79.3 Å². The number of carbonyl (C=O) groups excluding carboxylic acids is 1. The van der Waals surface area contributed by atoms with Crippen LogP contribution in [-0.4, -0.2) is 28.0 Å². The van der Waals surface area contributed by atoms with Gasteiger partial charge in [0.25, 0.3) is 5.91 Å². The lowest BCUT2D eigenvalue weighted by molar-refractivity contribution is 0.0690. The van der Waals surface area contributed by atoms with Gasteiger partial charge < -0.3 is 10.4 Å². The number of aromatic nitrogens is 1. The molecule has 1 aliphatic rings. The van der Waals surface area contributed by atoms with E-state index in [0.717, 1.165) is 19.3 Å². The van der Waals surface area contributed by atoms with Gasteiger partial charge in [-0.25, -0.2) is 9.78 Å². The van der Waals surface area contributed by atoms with Crippen molar-refractivity contribution in [2.75, 3.05) is 0 Å². The van der Waals surface area contributed by atoms with Gasteiger partial charge in [0, 0.05) is 17.8 Å². The monoisotopic (exact) mass is 290 g/mol. The minimum absolute atomic E-state index is 0.105. The average molecular weight is 290 g/mol. The molecule has 1 aromatic heterocycles. The summed E-state index contributed by atoms with van der Waals surface area (Å²) in [5.74, 6) is -0.314. The molecular formula is C16H22N2O3. The average Bonchev–Trinajstić information content (AvgIpc) is 2.47. The quantitative estimate of drug-likeness (QED) is 0.893. The predicted molar refractivity (Wildman–Crippen MR) is 79.2 cm³/mol. The highest BCUT2D eigenvalue weighted by Crippen LogP contribution is 2.30. The third-order valence-electron chi connectivity index (χ3n) is 4.23. The number of carboxylic acid groups (broad SMARTS) is 1. The Morgan fingerprint density at radius 2 is 2.05 bits per heavy atom. The van der Waals surface area contributed by atoms with Crippen LogP contribution in [-0.2, 0) is 0 Å². The molecule has 2 rings (SSSR count). The third-order valence-corrected chi connectivity index (χ3v) is 4.23. The van der Waals surface area contributed by atoms with Crippen LogP contribution in [0.15, 0.2) is 18.3 Å². The number of hydrogen-bond acceptors (Lipinski definition) is 3. The van der Waals surface area contributed by atoms with Gasteiger partial charge in [-0.05, 0) is 36.8 Å². The van der Waals surface area contributed by atoms with Crippen LogP contribution in [0.1, 0.15) is 60.4 Å². The number of nitrogens with zero attached hydrogens (tertiary/aromatic N) is 1. The van der Waals surface area contributed by atoms with Crippen molar-refractivity contribution in [1.82, 2.24) is 10.3 Å². The van der Waals surface area contributed by atoms with Crippen LogP contribution in [0.3, 0.4) is 0 Å². The van der Waals surface area contributed by atoms with Crippen molar-refractivity contribution in [2.24, 2.45) is 11.8 Å². The van der Waals surface area contributed by atoms with Crippen molar-refractivity contribution in [3.05, 3.63) is 29.6 Å². The third kappa shape index (κ3) is 3.80. The maximum Gasteiger partial charge on any atom is 0.354 e. The first kappa shape index (κ1) is 15.5. The smallest absolute Gasteiger partial charge is 0.354 e. The first-order chi connectivity index (χ1) is 9.99. The van der Waals surface area contributed by atoms with Crippen molar-refractivity contribution in [2.45, 2.75) is 45.6 Å². The lowest BCUT2D eigenvalue weighted by Crippen LogP contribution is -2.44. The summed E-state index contributed by atoms with van der Waals surface area (Å²) in [6.45, 7) is 4.37. The van der Waals surface area contributed by atoms with Crippen LogP contribution in [0.5, 0.6) is 0 Å². The van der Waals surface area contributed by atoms with Crippen molar-refractivity contribution in [3.63, 3.8) is 0 Å². The normalized spacial score (nSPS) is 22.0. The molecule has 5 heteroatoms. The summed E-state index contributed by atoms with van der Waals surface area (Å²) < 4.78 is 0. The van der Waals surface area contributed by atoms with E-state index in [-0.39, 0.29) is 17.6 Å². The molecule has 1 fully saturated rings. The fraction of sp³-hybridized carbons (Fsp3) is 0.562. The standard InChI is InChI=1S/C16H22N2O3/c1-10(2)12-5-3-4-6-13(12)18-15(19)11-7-8-17-14(9-11)16(20)21/h7-10,12-13H,3-6H2,1-2H3,(H,18,19)(H,20,21). The Morgan fingerprint density at radius 3 is 2.71 bits per heavy atom. The Labute approximate surface area is 124 Å². The van der Waals surface area contributed by atoms with Crippen LogP contribution >= 0.6 is 0 Å². The van der Waals surface area contributed by atoms with E-state index in [0.29, 0.717) is 17.4 Å². The highest BCUT2D eigenvalue weighted by Gasteiger charge is 2.29. The first-order valence-corrected chi connectivity index (χ1v) is 7.49. The molecule has 0 bridgehead atoms. The SMILES string of the molecule is CC(C)C1CCCCC1NC(=O)c1ccnc(C(=O)O)c1. The van der Waals surface area contributed by atoms with Crippen LogP contribution in [0.4, 0.5) is 0 Å². The predicted octanol–water partition coefficient (Wildman–Crippen LogP) is 2.72. The molecular weight excluding hydrogens is 268 g/mol. The zero-order valence-corrected chi connectivity index (χ0v) is 12.5. The van der Waals surface area contributed by atoms with E-state index < -0.39 is 5.97 Å². The molecule has 1 saturated carbocycles. The maximum atomic E-state index is 12.3. The van der Waals surface area contributed by atoms with Gasteiger partial charge in [-0.3, -0.25) is 4.79 Å². The van der Waals surface area contributed by atoms with E-state index in [1.165, 1.54) is 18.7 Å². The van der Waals surface area contributed by atoms with Gasteiger partial charge in [0.15, 0.2) is 0 Å². The Balaban J connectivity index is 2.09. The molecule has 0 radical (unpaired) electrons. The summed E-state index contributed by atoms with van der Waals surface area (Å²) in [7, 11) is 0. The number of hydrogen-bond donors (Lipinski definition) is 2. The molecule has 1 heterocycles. The lowest BCUT2D eigenvalue weighted by atomic mass is 9.78. The van der Waals surface area contributed by atoms with Crippen LogP contribution in [0.25, 0.3) is 0 Å². The molecule has 0 saturated heterocycles. The fourth-order valence-corrected chi connectivity index (χ4v) is 3.08. The van der Waals surface area contributed by atoms with Crippen LogP contribution in [0.2, 0.25) is 0 Å². The zero-order valence-electron chi connectivity index (χ0n) is 12.5. The lowest BCUT2D eigenvalue weighted by Gasteiger charge is -2.34. The fourth-order valence-electron chi connectivity index (χ4n) is 3.08. The Hall–Kier alpha value is -1.91. The number of nitrogens with one attached hydrogen (secondary N) is 1. The second-order valence-electron chi connectivity index (χ2n) is 6.01. The van der Waals surface area contributed by atoms with E-state index in [2.05, 4.69) is 24.1 Å². The van der Waals surface area contributed by atoms with Gasteiger partial charge in [-0.15, -0.1) is 0 Å². The van der Waals surface area contributed by atoms with E-state index in [1.807, 2.05) is 0 Å². The molecule has 0 aromatic carbocycles. The summed E-state index contributed by atoms with van der Waals surface area (Å²) >= 11 is 0. The molecule has 114 valence electrons. The minimum Gasteiger partial charge on any atom is -0.477 e. The summed E-state index contributed by atoms with van der Waals surface area (Å²) in [4.78, 5) is 27.0. The van der Waals surface area contributed by atoms with Gasteiger partial charge in [0.2, 0.25) is 0 Å². The second-order valence-corrected chi connectivity index (χ2v) is 6.01. The molecule has 2 atom stereocenters.